The molecule has 0 saturated heterocycles. The zero-order valence-corrected chi connectivity index (χ0v) is 11.2. The third-order valence-corrected chi connectivity index (χ3v) is 3.83. The number of hydrogen-bond acceptors (Lipinski definition) is 4. The fourth-order valence-corrected chi connectivity index (χ4v) is 2.45. The molecule has 4 heteroatoms. The van der Waals surface area contributed by atoms with E-state index in [2.05, 4.69) is 11.1 Å². The summed E-state index contributed by atoms with van der Waals surface area (Å²) in [6, 6.07) is 12.1. The second kappa shape index (κ2) is 5.87. The molecule has 0 N–H and O–H groups in total. The minimum absolute atomic E-state index is 0.164. The Bertz CT molecular complexity index is 556. The van der Waals surface area contributed by atoms with Crippen LogP contribution in [0.25, 0.3) is 10.9 Å². The van der Waals surface area contributed by atoms with Gasteiger partial charge >= 0.3 is 5.97 Å². The van der Waals surface area contributed by atoms with Crippen molar-refractivity contribution in [2.24, 2.45) is 0 Å². The lowest BCUT2D eigenvalue weighted by molar-refractivity contribution is -0.139. The molecule has 94 valence electrons. The fourth-order valence-electron chi connectivity index (χ4n) is 1.63. The van der Waals surface area contributed by atoms with Crippen molar-refractivity contribution < 1.29 is 9.53 Å². The van der Waals surface area contributed by atoms with Gasteiger partial charge < -0.3 is 4.74 Å². The summed E-state index contributed by atoms with van der Waals surface area (Å²) in [6.45, 7) is 1.84. The maximum atomic E-state index is 11.3. The minimum atomic E-state index is -0.194. The van der Waals surface area contributed by atoms with Gasteiger partial charge in [0.1, 0.15) is 0 Å². The van der Waals surface area contributed by atoms with Crippen molar-refractivity contribution >= 4 is 28.6 Å². The number of para-hydroxylation sites is 1. The molecule has 1 heterocycles. The summed E-state index contributed by atoms with van der Waals surface area (Å²) < 4.78 is 4.69. The summed E-state index contributed by atoms with van der Waals surface area (Å²) in [6.07, 6.45) is 0. The van der Waals surface area contributed by atoms with Crippen LogP contribution >= 0.6 is 11.8 Å². The zero-order valence-electron chi connectivity index (χ0n) is 10.4. The number of benzene rings is 1. The molecule has 0 radical (unpaired) electrons. The Morgan fingerprint density at radius 2 is 2.11 bits per heavy atom. The highest BCUT2D eigenvalue weighted by molar-refractivity contribution is 7.99. The summed E-state index contributed by atoms with van der Waals surface area (Å²) in [5.41, 5.74) is 1.97. The number of carbonyl (C=O) groups excluding carboxylic acids is 1. The van der Waals surface area contributed by atoms with Gasteiger partial charge in [0.2, 0.25) is 0 Å². The number of carbonyl (C=O) groups is 1. The van der Waals surface area contributed by atoms with E-state index >= 15 is 0 Å². The largest absolute Gasteiger partial charge is 0.468 e. The second-order valence-electron chi connectivity index (χ2n) is 3.97. The number of ether oxygens (including phenoxy) is 1. The molecular weight excluding hydrogens is 246 g/mol. The first kappa shape index (κ1) is 12.9. The van der Waals surface area contributed by atoms with E-state index in [0.29, 0.717) is 5.75 Å². The summed E-state index contributed by atoms with van der Waals surface area (Å²) in [4.78, 5) is 15.8. The third-order valence-electron chi connectivity index (χ3n) is 2.67. The number of nitrogens with zero attached hydrogens (tertiary/aromatic N) is 1. The van der Waals surface area contributed by atoms with Crippen LogP contribution in [0.3, 0.4) is 0 Å². The number of fused-ring (bicyclic) bond motifs is 1. The number of thioether (sulfide) groups is 1. The number of pyridine rings is 1. The Hall–Kier alpha value is -1.55. The van der Waals surface area contributed by atoms with Crippen LogP contribution in [0, 0.1) is 0 Å². The predicted molar refractivity (Wildman–Crippen MR) is 74.5 cm³/mol. The molecule has 1 aromatic carbocycles. The van der Waals surface area contributed by atoms with Crippen LogP contribution in [0.2, 0.25) is 0 Å². The van der Waals surface area contributed by atoms with E-state index < -0.39 is 0 Å². The Morgan fingerprint density at radius 3 is 2.89 bits per heavy atom. The Kier molecular flexibility index (Phi) is 4.20. The van der Waals surface area contributed by atoms with Crippen molar-refractivity contribution in [3.63, 3.8) is 0 Å². The highest BCUT2D eigenvalue weighted by Crippen LogP contribution is 2.19. The van der Waals surface area contributed by atoms with Gasteiger partial charge in [0, 0.05) is 11.1 Å². The molecule has 1 aromatic heterocycles. The van der Waals surface area contributed by atoms with Crippen LogP contribution in [0.15, 0.2) is 36.4 Å². The van der Waals surface area contributed by atoms with Crippen molar-refractivity contribution in [1.82, 2.24) is 4.98 Å². The molecule has 0 aliphatic heterocycles. The van der Waals surface area contributed by atoms with Gasteiger partial charge in [-0.15, -0.1) is 11.8 Å². The van der Waals surface area contributed by atoms with Gasteiger partial charge in [-0.25, -0.2) is 0 Å². The molecule has 3 nitrogen and oxygen atoms in total. The fraction of sp³-hybridized carbons (Fsp3) is 0.286. The van der Waals surface area contributed by atoms with Gasteiger partial charge in [0.25, 0.3) is 0 Å². The summed E-state index contributed by atoms with van der Waals surface area (Å²) in [5, 5.41) is 0.968. The lowest BCUT2D eigenvalue weighted by Crippen LogP contribution is -2.14. The lowest BCUT2D eigenvalue weighted by atomic mass is 10.2. The van der Waals surface area contributed by atoms with E-state index in [1.807, 2.05) is 37.3 Å². The molecule has 0 fully saturated rings. The van der Waals surface area contributed by atoms with Crippen LogP contribution < -0.4 is 0 Å². The Balaban J connectivity index is 2.06. The maximum absolute atomic E-state index is 11.3. The predicted octanol–water partition coefficient (Wildman–Crippen LogP) is 3.03. The number of esters is 1. The van der Waals surface area contributed by atoms with Crippen molar-refractivity contribution in [2.45, 2.75) is 17.9 Å². The van der Waals surface area contributed by atoms with E-state index in [9.17, 15) is 4.79 Å². The van der Waals surface area contributed by atoms with Gasteiger partial charge in [-0.2, -0.15) is 0 Å². The van der Waals surface area contributed by atoms with Crippen molar-refractivity contribution in [1.29, 1.82) is 0 Å². The normalized spacial score (nSPS) is 12.3. The summed E-state index contributed by atoms with van der Waals surface area (Å²) >= 11 is 1.53. The molecule has 0 aliphatic rings. The van der Waals surface area contributed by atoms with E-state index in [1.165, 1.54) is 18.9 Å². The number of methoxy groups -OCH3 is 1. The smallest absolute Gasteiger partial charge is 0.318 e. The van der Waals surface area contributed by atoms with E-state index in [-0.39, 0.29) is 11.2 Å². The second-order valence-corrected chi connectivity index (χ2v) is 5.30. The molecule has 0 saturated carbocycles. The standard InChI is InChI=1S/C14H15NO2S/c1-10(14(16)17-2)18-9-12-8-7-11-5-3-4-6-13(11)15-12/h3-8,10H,9H2,1-2H3/t10-/m1/s1. The van der Waals surface area contributed by atoms with Gasteiger partial charge in [0.05, 0.1) is 23.6 Å². The van der Waals surface area contributed by atoms with Gasteiger partial charge in [-0.05, 0) is 19.1 Å². The van der Waals surface area contributed by atoms with Crippen molar-refractivity contribution in [3.05, 3.63) is 42.1 Å². The molecule has 1 atom stereocenters. The van der Waals surface area contributed by atoms with Gasteiger partial charge in [-0.1, -0.05) is 24.3 Å². The van der Waals surface area contributed by atoms with Gasteiger partial charge in [0.15, 0.2) is 0 Å². The number of aromatic nitrogens is 1. The molecule has 0 aliphatic carbocycles. The summed E-state index contributed by atoms with van der Waals surface area (Å²) in [5.74, 6) is 0.516. The van der Waals surface area contributed by atoms with Crippen molar-refractivity contribution in [2.75, 3.05) is 7.11 Å². The monoisotopic (exact) mass is 261 g/mol. The number of hydrogen-bond donors (Lipinski definition) is 0. The van der Waals surface area contributed by atoms with Crippen LogP contribution in [0.1, 0.15) is 12.6 Å². The van der Waals surface area contributed by atoms with E-state index in [1.54, 1.807) is 0 Å². The SMILES string of the molecule is COC(=O)[C@@H](C)SCc1ccc2ccccc2n1. The topological polar surface area (TPSA) is 39.2 Å². The van der Waals surface area contributed by atoms with Crippen LogP contribution in [-0.2, 0) is 15.3 Å². The van der Waals surface area contributed by atoms with Crippen LogP contribution in [0.5, 0.6) is 0 Å². The molecule has 0 unspecified atom stereocenters. The minimum Gasteiger partial charge on any atom is -0.468 e. The zero-order chi connectivity index (χ0) is 13.0. The first-order valence-corrected chi connectivity index (χ1v) is 6.79. The molecule has 0 amide bonds. The van der Waals surface area contributed by atoms with Crippen LogP contribution in [0.4, 0.5) is 0 Å². The molecule has 2 rings (SSSR count). The molecule has 0 bridgehead atoms. The highest BCUT2D eigenvalue weighted by atomic mass is 32.2. The number of rotatable bonds is 4. The first-order chi connectivity index (χ1) is 8.70. The third kappa shape index (κ3) is 3.01. The molecule has 0 spiro atoms. The lowest BCUT2D eigenvalue weighted by Gasteiger charge is -2.08. The van der Waals surface area contributed by atoms with E-state index in [0.717, 1.165) is 16.6 Å². The van der Waals surface area contributed by atoms with Gasteiger partial charge in [-0.3, -0.25) is 9.78 Å². The average Bonchev–Trinajstić information content (AvgIpc) is 2.43. The van der Waals surface area contributed by atoms with Crippen LogP contribution in [-0.4, -0.2) is 23.3 Å². The molecule has 2 aromatic rings. The van der Waals surface area contributed by atoms with E-state index in [4.69, 9.17) is 4.74 Å². The average molecular weight is 261 g/mol. The quantitative estimate of drug-likeness (QED) is 0.793. The Labute approximate surface area is 111 Å². The maximum Gasteiger partial charge on any atom is 0.318 e. The highest BCUT2D eigenvalue weighted by Gasteiger charge is 2.13. The molecule has 18 heavy (non-hydrogen) atoms. The summed E-state index contributed by atoms with van der Waals surface area (Å²) in [7, 11) is 1.41. The molecular formula is C14H15NO2S. The first-order valence-electron chi connectivity index (χ1n) is 5.75. The Morgan fingerprint density at radius 1 is 1.33 bits per heavy atom. The van der Waals surface area contributed by atoms with Crippen molar-refractivity contribution in [3.8, 4) is 0 Å².